The molecule has 0 spiro atoms. The third-order valence-electron chi connectivity index (χ3n) is 3.83. The van der Waals surface area contributed by atoms with Crippen LogP contribution in [0.5, 0.6) is 0 Å². The summed E-state index contributed by atoms with van der Waals surface area (Å²) in [5, 5.41) is 0. The van der Waals surface area contributed by atoms with E-state index in [4.69, 9.17) is 10.5 Å². The molecule has 20 heavy (non-hydrogen) atoms. The largest absolute Gasteiger partial charge is 0.399 e. The SMILES string of the molecule is Nc1ccc(COC2CCCc3ccccc32)c(F)c1. The second-order valence-electron chi connectivity index (χ2n) is 5.24. The van der Waals surface area contributed by atoms with E-state index in [2.05, 4.69) is 18.2 Å². The molecule has 3 rings (SSSR count). The quantitative estimate of drug-likeness (QED) is 0.856. The molecule has 0 fully saturated rings. The van der Waals surface area contributed by atoms with Crippen molar-refractivity contribution in [2.24, 2.45) is 0 Å². The highest BCUT2D eigenvalue weighted by Gasteiger charge is 2.20. The Morgan fingerprint density at radius 2 is 2.05 bits per heavy atom. The summed E-state index contributed by atoms with van der Waals surface area (Å²) in [7, 11) is 0. The molecule has 0 saturated heterocycles. The number of hydrogen-bond donors (Lipinski definition) is 1. The Kier molecular flexibility index (Phi) is 3.70. The van der Waals surface area contributed by atoms with Crippen molar-refractivity contribution in [2.75, 3.05) is 5.73 Å². The van der Waals surface area contributed by atoms with Crippen molar-refractivity contribution in [3.05, 3.63) is 65.0 Å². The Hall–Kier alpha value is -1.87. The summed E-state index contributed by atoms with van der Waals surface area (Å²) in [5.41, 5.74) is 9.14. The number of aryl methyl sites for hydroxylation is 1. The van der Waals surface area contributed by atoms with Gasteiger partial charge in [-0.25, -0.2) is 4.39 Å². The zero-order valence-electron chi connectivity index (χ0n) is 11.3. The molecule has 0 bridgehead atoms. The van der Waals surface area contributed by atoms with Gasteiger partial charge < -0.3 is 10.5 Å². The molecule has 1 unspecified atom stereocenters. The van der Waals surface area contributed by atoms with Crippen molar-refractivity contribution in [3.8, 4) is 0 Å². The summed E-state index contributed by atoms with van der Waals surface area (Å²) >= 11 is 0. The molecule has 2 aromatic carbocycles. The van der Waals surface area contributed by atoms with Crippen LogP contribution in [0.2, 0.25) is 0 Å². The molecule has 2 nitrogen and oxygen atoms in total. The number of fused-ring (bicyclic) bond motifs is 1. The van der Waals surface area contributed by atoms with E-state index in [1.807, 2.05) is 6.07 Å². The first kappa shape index (κ1) is 13.1. The second-order valence-corrected chi connectivity index (χ2v) is 5.24. The van der Waals surface area contributed by atoms with Crippen molar-refractivity contribution in [1.82, 2.24) is 0 Å². The summed E-state index contributed by atoms with van der Waals surface area (Å²) in [5.74, 6) is -0.297. The Balaban J connectivity index is 1.73. The van der Waals surface area contributed by atoms with E-state index in [0.29, 0.717) is 11.3 Å². The second kappa shape index (κ2) is 5.63. The molecule has 0 saturated carbocycles. The van der Waals surface area contributed by atoms with Gasteiger partial charge in [0.05, 0.1) is 12.7 Å². The standard InChI is InChI=1S/C17H18FNO/c18-16-10-14(19)9-8-13(16)11-20-17-7-3-5-12-4-1-2-6-15(12)17/h1-2,4,6,8-10,17H,3,5,7,11,19H2. The zero-order valence-corrected chi connectivity index (χ0v) is 11.3. The van der Waals surface area contributed by atoms with Gasteiger partial charge in [0.2, 0.25) is 0 Å². The van der Waals surface area contributed by atoms with E-state index < -0.39 is 0 Å². The van der Waals surface area contributed by atoms with Crippen LogP contribution in [0.25, 0.3) is 0 Å². The van der Waals surface area contributed by atoms with Crippen LogP contribution in [-0.2, 0) is 17.8 Å². The molecule has 0 aromatic heterocycles. The lowest BCUT2D eigenvalue weighted by Gasteiger charge is -2.25. The van der Waals surface area contributed by atoms with Crippen LogP contribution in [0.3, 0.4) is 0 Å². The third-order valence-corrected chi connectivity index (χ3v) is 3.83. The number of halogens is 1. The van der Waals surface area contributed by atoms with Gasteiger partial charge in [0, 0.05) is 11.3 Å². The molecule has 0 amide bonds. The minimum Gasteiger partial charge on any atom is -0.399 e. The van der Waals surface area contributed by atoms with Crippen molar-refractivity contribution in [2.45, 2.75) is 32.0 Å². The van der Waals surface area contributed by atoms with E-state index in [-0.39, 0.29) is 18.5 Å². The Morgan fingerprint density at radius 1 is 1.20 bits per heavy atom. The molecule has 3 heteroatoms. The first-order valence-electron chi connectivity index (χ1n) is 6.97. The molecule has 104 valence electrons. The number of benzene rings is 2. The van der Waals surface area contributed by atoms with Gasteiger partial charge in [-0.1, -0.05) is 30.3 Å². The maximum atomic E-state index is 13.7. The minimum atomic E-state index is -0.297. The topological polar surface area (TPSA) is 35.2 Å². The van der Waals surface area contributed by atoms with Gasteiger partial charge in [-0.05, 0) is 42.5 Å². The number of nitrogen functional groups attached to an aromatic ring is 1. The van der Waals surface area contributed by atoms with Crippen LogP contribution >= 0.6 is 0 Å². The van der Waals surface area contributed by atoms with Crippen LogP contribution in [0.1, 0.15) is 35.6 Å². The molecule has 2 N–H and O–H groups in total. The van der Waals surface area contributed by atoms with Crippen molar-refractivity contribution >= 4 is 5.69 Å². The number of anilines is 1. The normalized spacial score (nSPS) is 17.8. The lowest BCUT2D eigenvalue weighted by Crippen LogP contribution is -2.13. The number of nitrogens with two attached hydrogens (primary N) is 1. The Bertz CT molecular complexity index is 612. The minimum absolute atomic E-state index is 0.0666. The monoisotopic (exact) mass is 271 g/mol. The predicted molar refractivity (Wildman–Crippen MR) is 77.7 cm³/mol. The molecule has 0 radical (unpaired) electrons. The van der Waals surface area contributed by atoms with Crippen molar-refractivity contribution in [3.63, 3.8) is 0 Å². The van der Waals surface area contributed by atoms with Gasteiger partial charge in [0.1, 0.15) is 5.82 Å². The molecule has 1 aliphatic rings. The smallest absolute Gasteiger partial charge is 0.130 e. The lowest BCUT2D eigenvalue weighted by molar-refractivity contribution is 0.0268. The maximum Gasteiger partial charge on any atom is 0.130 e. The van der Waals surface area contributed by atoms with E-state index in [0.717, 1.165) is 19.3 Å². The highest BCUT2D eigenvalue weighted by molar-refractivity contribution is 5.40. The molecule has 2 aromatic rings. The van der Waals surface area contributed by atoms with Gasteiger partial charge in [-0.2, -0.15) is 0 Å². The predicted octanol–water partition coefficient (Wildman–Crippen LogP) is 4.00. The summed E-state index contributed by atoms with van der Waals surface area (Å²) in [6.45, 7) is 0.283. The third kappa shape index (κ3) is 2.68. The van der Waals surface area contributed by atoms with Crippen LogP contribution < -0.4 is 5.73 Å². The molecular weight excluding hydrogens is 253 g/mol. The van der Waals surface area contributed by atoms with Crippen molar-refractivity contribution in [1.29, 1.82) is 0 Å². The first-order chi connectivity index (χ1) is 9.74. The van der Waals surface area contributed by atoms with E-state index in [1.165, 1.54) is 17.2 Å². The Morgan fingerprint density at radius 3 is 2.90 bits per heavy atom. The fraction of sp³-hybridized carbons (Fsp3) is 0.294. The average Bonchev–Trinajstić information content (AvgIpc) is 2.46. The number of hydrogen-bond acceptors (Lipinski definition) is 2. The fourth-order valence-corrected chi connectivity index (χ4v) is 2.75. The van der Waals surface area contributed by atoms with Crippen molar-refractivity contribution < 1.29 is 9.13 Å². The highest BCUT2D eigenvalue weighted by atomic mass is 19.1. The zero-order chi connectivity index (χ0) is 13.9. The van der Waals surface area contributed by atoms with Crippen LogP contribution in [0.4, 0.5) is 10.1 Å². The van der Waals surface area contributed by atoms with E-state index >= 15 is 0 Å². The average molecular weight is 271 g/mol. The molecule has 1 aliphatic carbocycles. The van der Waals surface area contributed by atoms with Gasteiger partial charge in [-0.3, -0.25) is 0 Å². The number of rotatable bonds is 3. The first-order valence-corrected chi connectivity index (χ1v) is 6.97. The summed E-state index contributed by atoms with van der Waals surface area (Å²) in [6.07, 6.45) is 3.28. The molecular formula is C17H18FNO. The van der Waals surface area contributed by atoms with Gasteiger partial charge in [0.15, 0.2) is 0 Å². The lowest BCUT2D eigenvalue weighted by atomic mass is 9.89. The molecule has 0 heterocycles. The van der Waals surface area contributed by atoms with Crippen LogP contribution in [-0.4, -0.2) is 0 Å². The van der Waals surface area contributed by atoms with E-state index in [9.17, 15) is 4.39 Å². The number of ether oxygens (including phenoxy) is 1. The Labute approximate surface area is 118 Å². The van der Waals surface area contributed by atoms with Gasteiger partial charge in [0.25, 0.3) is 0 Å². The summed E-state index contributed by atoms with van der Waals surface area (Å²) < 4.78 is 19.7. The van der Waals surface area contributed by atoms with Crippen LogP contribution in [0.15, 0.2) is 42.5 Å². The van der Waals surface area contributed by atoms with Crippen LogP contribution in [0, 0.1) is 5.82 Å². The fourth-order valence-electron chi connectivity index (χ4n) is 2.75. The van der Waals surface area contributed by atoms with Gasteiger partial charge >= 0.3 is 0 Å². The molecule has 0 aliphatic heterocycles. The molecule has 1 atom stereocenters. The van der Waals surface area contributed by atoms with Gasteiger partial charge in [-0.15, -0.1) is 0 Å². The van der Waals surface area contributed by atoms with E-state index in [1.54, 1.807) is 12.1 Å². The highest BCUT2D eigenvalue weighted by Crippen LogP contribution is 2.33. The summed E-state index contributed by atoms with van der Waals surface area (Å²) in [4.78, 5) is 0. The summed E-state index contributed by atoms with van der Waals surface area (Å²) in [6, 6.07) is 13.1. The maximum absolute atomic E-state index is 13.7.